The monoisotopic (exact) mass is 244 g/mol. The summed E-state index contributed by atoms with van der Waals surface area (Å²) in [6.45, 7) is 6.25. The molecule has 0 aliphatic carbocycles. The van der Waals surface area contributed by atoms with E-state index in [0.717, 1.165) is 6.42 Å². The Bertz CT molecular complexity index is 254. The van der Waals surface area contributed by atoms with Crippen LogP contribution < -0.4 is 11.1 Å². The molecule has 0 rings (SSSR count). The SMILES string of the molecule is CCCC(CNC(=O)C(CN)C(C)C)C(=O)O. The van der Waals surface area contributed by atoms with Crippen LogP contribution in [-0.2, 0) is 9.59 Å². The molecule has 2 atom stereocenters. The summed E-state index contributed by atoms with van der Waals surface area (Å²) in [6.07, 6.45) is 1.36. The predicted octanol–water partition coefficient (Wildman–Crippen LogP) is 0.834. The van der Waals surface area contributed by atoms with E-state index in [1.807, 2.05) is 20.8 Å². The summed E-state index contributed by atoms with van der Waals surface area (Å²) < 4.78 is 0. The Labute approximate surface area is 103 Å². The molecule has 0 aliphatic heterocycles. The van der Waals surface area contributed by atoms with Gasteiger partial charge in [0.1, 0.15) is 0 Å². The van der Waals surface area contributed by atoms with E-state index in [-0.39, 0.29) is 30.8 Å². The number of carbonyl (C=O) groups excluding carboxylic acids is 1. The van der Waals surface area contributed by atoms with Crippen molar-refractivity contribution in [1.82, 2.24) is 5.32 Å². The average molecular weight is 244 g/mol. The quantitative estimate of drug-likeness (QED) is 0.589. The standard InChI is InChI=1S/C12H24N2O3/c1-4-5-9(12(16)17)7-14-11(15)10(6-13)8(2)3/h8-10H,4-7,13H2,1-3H3,(H,14,15)(H,16,17). The number of nitrogens with two attached hydrogens (primary N) is 1. The Balaban J connectivity index is 4.24. The van der Waals surface area contributed by atoms with E-state index in [4.69, 9.17) is 10.8 Å². The number of hydrogen-bond acceptors (Lipinski definition) is 3. The van der Waals surface area contributed by atoms with E-state index in [9.17, 15) is 9.59 Å². The van der Waals surface area contributed by atoms with E-state index < -0.39 is 11.9 Å². The average Bonchev–Trinajstić information content (AvgIpc) is 2.24. The van der Waals surface area contributed by atoms with Gasteiger partial charge in [0, 0.05) is 13.1 Å². The van der Waals surface area contributed by atoms with Gasteiger partial charge in [-0.05, 0) is 12.3 Å². The van der Waals surface area contributed by atoms with Gasteiger partial charge in [0.25, 0.3) is 0 Å². The van der Waals surface area contributed by atoms with Crippen LogP contribution in [-0.4, -0.2) is 30.1 Å². The summed E-state index contributed by atoms with van der Waals surface area (Å²) in [5.41, 5.74) is 5.52. The molecule has 100 valence electrons. The number of aliphatic carboxylic acids is 1. The Morgan fingerprint density at radius 2 is 1.94 bits per heavy atom. The molecule has 0 heterocycles. The molecule has 1 amide bonds. The lowest BCUT2D eigenvalue weighted by Crippen LogP contribution is -2.41. The highest BCUT2D eigenvalue weighted by Crippen LogP contribution is 2.10. The number of hydrogen-bond donors (Lipinski definition) is 3. The van der Waals surface area contributed by atoms with E-state index in [0.29, 0.717) is 6.42 Å². The molecule has 0 aromatic carbocycles. The summed E-state index contributed by atoms with van der Waals surface area (Å²) in [6, 6.07) is 0. The first kappa shape index (κ1) is 15.9. The molecule has 2 unspecified atom stereocenters. The van der Waals surface area contributed by atoms with Crippen LogP contribution in [0.2, 0.25) is 0 Å². The molecule has 0 saturated carbocycles. The van der Waals surface area contributed by atoms with Crippen LogP contribution in [0.4, 0.5) is 0 Å². The molecule has 0 aromatic heterocycles. The second-order valence-corrected chi connectivity index (χ2v) is 4.66. The Kier molecular flexibility index (Phi) is 7.54. The zero-order valence-corrected chi connectivity index (χ0v) is 10.9. The first-order valence-electron chi connectivity index (χ1n) is 6.14. The van der Waals surface area contributed by atoms with Crippen molar-refractivity contribution in [1.29, 1.82) is 0 Å². The highest BCUT2D eigenvalue weighted by molar-refractivity contribution is 5.80. The third kappa shape index (κ3) is 5.68. The highest BCUT2D eigenvalue weighted by Gasteiger charge is 2.23. The first-order valence-corrected chi connectivity index (χ1v) is 6.14. The number of carboxylic acids is 1. The van der Waals surface area contributed by atoms with Gasteiger partial charge < -0.3 is 16.2 Å². The van der Waals surface area contributed by atoms with Crippen LogP contribution in [0.3, 0.4) is 0 Å². The lowest BCUT2D eigenvalue weighted by atomic mass is 9.94. The predicted molar refractivity (Wildman–Crippen MR) is 66.4 cm³/mol. The van der Waals surface area contributed by atoms with Crippen molar-refractivity contribution < 1.29 is 14.7 Å². The summed E-state index contributed by atoms with van der Waals surface area (Å²) in [4.78, 5) is 22.7. The highest BCUT2D eigenvalue weighted by atomic mass is 16.4. The zero-order chi connectivity index (χ0) is 13.4. The third-order valence-electron chi connectivity index (χ3n) is 2.90. The van der Waals surface area contributed by atoms with Gasteiger partial charge in [-0.2, -0.15) is 0 Å². The lowest BCUT2D eigenvalue weighted by Gasteiger charge is -2.19. The summed E-state index contributed by atoms with van der Waals surface area (Å²) >= 11 is 0. The minimum Gasteiger partial charge on any atom is -0.481 e. The first-order chi connectivity index (χ1) is 7.93. The largest absolute Gasteiger partial charge is 0.481 e. The zero-order valence-electron chi connectivity index (χ0n) is 10.9. The van der Waals surface area contributed by atoms with Gasteiger partial charge in [-0.25, -0.2) is 0 Å². The van der Waals surface area contributed by atoms with Gasteiger partial charge in [-0.1, -0.05) is 27.2 Å². The molecule has 5 nitrogen and oxygen atoms in total. The smallest absolute Gasteiger partial charge is 0.308 e. The number of carbonyl (C=O) groups is 2. The molecule has 5 heteroatoms. The number of nitrogens with one attached hydrogen (secondary N) is 1. The van der Waals surface area contributed by atoms with Crippen LogP contribution in [0.1, 0.15) is 33.6 Å². The van der Waals surface area contributed by atoms with Crippen molar-refractivity contribution in [2.45, 2.75) is 33.6 Å². The van der Waals surface area contributed by atoms with Crippen molar-refractivity contribution in [3.63, 3.8) is 0 Å². The van der Waals surface area contributed by atoms with Gasteiger partial charge in [0.2, 0.25) is 5.91 Å². The van der Waals surface area contributed by atoms with Crippen LogP contribution in [0.15, 0.2) is 0 Å². The van der Waals surface area contributed by atoms with Crippen LogP contribution in [0.5, 0.6) is 0 Å². The van der Waals surface area contributed by atoms with Crippen molar-refractivity contribution in [2.24, 2.45) is 23.5 Å². The van der Waals surface area contributed by atoms with Crippen molar-refractivity contribution in [2.75, 3.05) is 13.1 Å². The molecule has 0 saturated heterocycles. The molecule has 0 fully saturated rings. The summed E-state index contributed by atoms with van der Waals surface area (Å²) in [5, 5.41) is 11.6. The maximum Gasteiger partial charge on any atom is 0.308 e. The van der Waals surface area contributed by atoms with Crippen LogP contribution in [0, 0.1) is 17.8 Å². The summed E-state index contributed by atoms with van der Waals surface area (Å²) in [7, 11) is 0. The normalized spacial score (nSPS) is 14.4. The van der Waals surface area contributed by atoms with Gasteiger partial charge in [0.15, 0.2) is 0 Å². The van der Waals surface area contributed by atoms with Crippen molar-refractivity contribution in [3.05, 3.63) is 0 Å². The molecular formula is C12H24N2O3. The molecule has 0 aromatic rings. The lowest BCUT2D eigenvalue weighted by molar-refractivity contribution is -0.142. The van der Waals surface area contributed by atoms with Crippen LogP contribution >= 0.6 is 0 Å². The maximum atomic E-state index is 11.8. The molecular weight excluding hydrogens is 220 g/mol. The molecule has 17 heavy (non-hydrogen) atoms. The molecule has 0 radical (unpaired) electrons. The molecule has 0 aliphatic rings. The minimum atomic E-state index is -0.860. The molecule has 0 spiro atoms. The maximum absolute atomic E-state index is 11.8. The third-order valence-corrected chi connectivity index (χ3v) is 2.90. The molecule has 0 bridgehead atoms. The van der Waals surface area contributed by atoms with Crippen LogP contribution in [0.25, 0.3) is 0 Å². The number of carboxylic acid groups (broad SMARTS) is 1. The van der Waals surface area contributed by atoms with Gasteiger partial charge >= 0.3 is 5.97 Å². The minimum absolute atomic E-state index is 0.148. The van der Waals surface area contributed by atoms with Gasteiger partial charge in [0.05, 0.1) is 11.8 Å². The fourth-order valence-electron chi connectivity index (χ4n) is 1.70. The second kappa shape index (κ2) is 8.06. The van der Waals surface area contributed by atoms with Gasteiger partial charge in [-0.15, -0.1) is 0 Å². The van der Waals surface area contributed by atoms with E-state index in [2.05, 4.69) is 5.32 Å². The van der Waals surface area contributed by atoms with E-state index in [1.54, 1.807) is 0 Å². The van der Waals surface area contributed by atoms with Crippen molar-refractivity contribution >= 4 is 11.9 Å². The number of rotatable bonds is 8. The Hall–Kier alpha value is -1.10. The fraction of sp³-hybridized carbons (Fsp3) is 0.833. The summed E-state index contributed by atoms with van der Waals surface area (Å²) in [5.74, 6) is -1.60. The Morgan fingerprint density at radius 3 is 2.29 bits per heavy atom. The van der Waals surface area contributed by atoms with E-state index in [1.165, 1.54) is 0 Å². The topological polar surface area (TPSA) is 92.4 Å². The fourth-order valence-corrected chi connectivity index (χ4v) is 1.70. The second-order valence-electron chi connectivity index (χ2n) is 4.66. The molecule has 4 N–H and O–H groups in total. The van der Waals surface area contributed by atoms with E-state index >= 15 is 0 Å². The number of amides is 1. The van der Waals surface area contributed by atoms with Gasteiger partial charge in [-0.3, -0.25) is 9.59 Å². The Morgan fingerprint density at radius 1 is 1.35 bits per heavy atom. The van der Waals surface area contributed by atoms with Crippen molar-refractivity contribution in [3.8, 4) is 0 Å².